The standard InChI is InChI=1S/C13H15ClN4/c1-8-12(14)9(2)18(17-8)7-10-3-5-11(6-4-10)13(15)16/h3-6H,7H2,1-2H3,(H3,15,16). The molecule has 0 unspecified atom stereocenters. The van der Waals surface area contributed by atoms with E-state index in [1.54, 1.807) is 0 Å². The lowest BCUT2D eigenvalue weighted by atomic mass is 10.1. The number of halogens is 1. The molecule has 0 radical (unpaired) electrons. The van der Waals surface area contributed by atoms with Crippen LogP contribution in [0, 0.1) is 19.3 Å². The normalized spacial score (nSPS) is 10.6. The van der Waals surface area contributed by atoms with Gasteiger partial charge in [-0.2, -0.15) is 5.10 Å². The van der Waals surface area contributed by atoms with Crippen molar-refractivity contribution in [2.75, 3.05) is 0 Å². The first-order chi connectivity index (χ1) is 8.49. The first-order valence-corrected chi connectivity index (χ1v) is 5.99. The first kappa shape index (κ1) is 12.6. The van der Waals surface area contributed by atoms with E-state index in [1.165, 1.54) is 0 Å². The van der Waals surface area contributed by atoms with Crippen LogP contribution >= 0.6 is 11.6 Å². The summed E-state index contributed by atoms with van der Waals surface area (Å²) in [6.45, 7) is 4.51. The van der Waals surface area contributed by atoms with Crippen molar-refractivity contribution in [1.82, 2.24) is 9.78 Å². The lowest BCUT2D eigenvalue weighted by molar-refractivity contribution is 0.659. The molecule has 2 aromatic rings. The van der Waals surface area contributed by atoms with Gasteiger partial charge in [0.05, 0.1) is 23.0 Å². The molecule has 1 heterocycles. The topological polar surface area (TPSA) is 67.7 Å². The van der Waals surface area contributed by atoms with E-state index in [0.717, 1.165) is 27.5 Å². The number of rotatable bonds is 3. The van der Waals surface area contributed by atoms with Gasteiger partial charge in [-0.15, -0.1) is 0 Å². The van der Waals surface area contributed by atoms with Crippen molar-refractivity contribution in [1.29, 1.82) is 5.41 Å². The zero-order valence-corrected chi connectivity index (χ0v) is 11.1. The van der Waals surface area contributed by atoms with Crippen molar-refractivity contribution in [3.63, 3.8) is 0 Å². The smallest absolute Gasteiger partial charge is 0.122 e. The minimum atomic E-state index is 0.0794. The van der Waals surface area contributed by atoms with Crippen LogP contribution in [0.4, 0.5) is 0 Å². The zero-order chi connectivity index (χ0) is 13.3. The van der Waals surface area contributed by atoms with Crippen molar-refractivity contribution in [2.45, 2.75) is 20.4 Å². The summed E-state index contributed by atoms with van der Waals surface area (Å²) in [5, 5.41) is 12.4. The highest BCUT2D eigenvalue weighted by atomic mass is 35.5. The van der Waals surface area contributed by atoms with Crippen LogP contribution in [-0.2, 0) is 6.54 Å². The van der Waals surface area contributed by atoms with Gasteiger partial charge in [0, 0.05) is 5.56 Å². The number of nitrogen functional groups attached to an aromatic ring is 1. The van der Waals surface area contributed by atoms with Crippen LogP contribution in [-0.4, -0.2) is 15.6 Å². The molecule has 3 N–H and O–H groups in total. The quantitative estimate of drug-likeness (QED) is 0.659. The maximum atomic E-state index is 7.34. The Morgan fingerprint density at radius 1 is 1.33 bits per heavy atom. The van der Waals surface area contributed by atoms with E-state index < -0.39 is 0 Å². The van der Waals surface area contributed by atoms with E-state index in [4.69, 9.17) is 22.7 Å². The second kappa shape index (κ2) is 4.82. The molecule has 94 valence electrons. The van der Waals surface area contributed by atoms with E-state index in [-0.39, 0.29) is 5.84 Å². The van der Waals surface area contributed by atoms with Gasteiger partial charge in [-0.1, -0.05) is 35.9 Å². The van der Waals surface area contributed by atoms with Gasteiger partial charge in [-0.3, -0.25) is 10.1 Å². The molecule has 1 aromatic heterocycles. The van der Waals surface area contributed by atoms with Crippen molar-refractivity contribution in [2.24, 2.45) is 5.73 Å². The van der Waals surface area contributed by atoms with Crippen molar-refractivity contribution in [3.8, 4) is 0 Å². The van der Waals surface area contributed by atoms with Gasteiger partial charge in [0.1, 0.15) is 5.84 Å². The molecule has 18 heavy (non-hydrogen) atoms. The van der Waals surface area contributed by atoms with E-state index in [9.17, 15) is 0 Å². The summed E-state index contributed by atoms with van der Waals surface area (Å²) >= 11 is 6.10. The van der Waals surface area contributed by atoms with Crippen LogP contribution in [0.3, 0.4) is 0 Å². The van der Waals surface area contributed by atoms with Gasteiger partial charge in [0.2, 0.25) is 0 Å². The molecule has 1 aromatic carbocycles. The van der Waals surface area contributed by atoms with Gasteiger partial charge in [0.15, 0.2) is 0 Å². The number of hydrogen-bond donors (Lipinski definition) is 2. The average molecular weight is 263 g/mol. The molecule has 0 aliphatic rings. The van der Waals surface area contributed by atoms with Crippen molar-refractivity contribution in [3.05, 3.63) is 51.8 Å². The molecule has 5 heteroatoms. The van der Waals surface area contributed by atoms with Crippen molar-refractivity contribution < 1.29 is 0 Å². The molecule has 0 spiro atoms. The second-order valence-corrected chi connectivity index (χ2v) is 4.63. The van der Waals surface area contributed by atoms with Gasteiger partial charge in [-0.25, -0.2) is 0 Å². The minimum absolute atomic E-state index is 0.0794. The molecular formula is C13H15ClN4. The van der Waals surface area contributed by atoms with Gasteiger partial charge in [-0.05, 0) is 19.4 Å². The molecule has 0 atom stereocenters. The molecule has 0 saturated carbocycles. The number of nitrogens with one attached hydrogen (secondary N) is 1. The number of benzene rings is 1. The second-order valence-electron chi connectivity index (χ2n) is 4.25. The average Bonchev–Trinajstić information content (AvgIpc) is 2.58. The number of amidine groups is 1. The van der Waals surface area contributed by atoms with Crippen LogP contribution in [0.25, 0.3) is 0 Å². The summed E-state index contributed by atoms with van der Waals surface area (Å²) in [6, 6.07) is 7.57. The van der Waals surface area contributed by atoms with Crippen LogP contribution in [0.1, 0.15) is 22.5 Å². The molecule has 0 amide bonds. The van der Waals surface area contributed by atoms with E-state index in [2.05, 4.69) is 5.10 Å². The Balaban J connectivity index is 2.23. The summed E-state index contributed by atoms with van der Waals surface area (Å²) in [7, 11) is 0. The summed E-state index contributed by atoms with van der Waals surface area (Å²) < 4.78 is 1.88. The van der Waals surface area contributed by atoms with Crippen LogP contribution in [0.5, 0.6) is 0 Å². The maximum absolute atomic E-state index is 7.34. The predicted octanol–water partition coefficient (Wildman–Crippen LogP) is 2.49. The zero-order valence-electron chi connectivity index (χ0n) is 10.4. The summed E-state index contributed by atoms with van der Waals surface area (Å²) in [5.41, 5.74) is 9.04. The van der Waals surface area contributed by atoms with Gasteiger partial charge in [0.25, 0.3) is 0 Å². The third kappa shape index (κ3) is 2.38. The fraction of sp³-hybridized carbons (Fsp3) is 0.231. The molecule has 0 aliphatic carbocycles. The van der Waals surface area contributed by atoms with E-state index >= 15 is 0 Å². The lowest BCUT2D eigenvalue weighted by Gasteiger charge is -2.05. The first-order valence-electron chi connectivity index (χ1n) is 5.62. The van der Waals surface area contributed by atoms with Gasteiger partial charge < -0.3 is 5.73 Å². The Morgan fingerprint density at radius 2 is 1.94 bits per heavy atom. The molecule has 0 saturated heterocycles. The molecule has 0 fully saturated rings. The SMILES string of the molecule is Cc1nn(Cc2ccc(C(=N)N)cc2)c(C)c1Cl. The van der Waals surface area contributed by atoms with E-state index in [1.807, 2.05) is 42.8 Å². The molecule has 2 rings (SSSR count). The molecular weight excluding hydrogens is 248 g/mol. The van der Waals surface area contributed by atoms with Crippen LogP contribution in [0.2, 0.25) is 5.02 Å². The fourth-order valence-corrected chi connectivity index (χ4v) is 1.93. The van der Waals surface area contributed by atoms with Crippen molar-refractivity contribution >= 4 is 17.4 Å². The number of hydrogen-bond acceptors (Lipinski definition) is 2. The summed E-state index contributed by atoms with van der Waals surface area (Å²) in [4.78, 5) is 0. The number of nitrogens with zero attached hydrogens (tertiary/aromatic N) is 2. The maximum Gasteiger partial charge on any atom is 0.122 e. The van der Waals surface area contributed by atoms with Crippen LogP contribution in [0.15, 0.2) is 24.3 Å². The Labute approximate surface area is 111 Å². The summed E-state index contributed by atoms with van der Waals surface area (Å²) in [5.74, 6) is 0.0794. The third-order valence-corrected chi connectivity index (χ3v) is 3.44. The van der Waals surface area contributed by atoms with E-state index in [0.29, 0.717) is 6.54 Å². The largest absolute Gasteiger partial charge is 0.384 e. The fourth-order valence-electron chi connectivity index (χ4n) is 1.79. The molecule has 4 nitrogen and oxygen atoms in total. The highest BCUT2D eigenvalue weighted by molar-refractivity contribution is 6.31. The monoisotopic (exact) mass is 262 g/mol. The number of aromatic nitrogens is 2. The Bertz CT molecular complexity index is 584. The van der Waals surface area contributed by atoms with Gasteiger partial charge >= 0.3 is 0 Å². The molecule has 0 bridgehead atoms. The van der Waals surface area contributed by atoms with Crippen LogP contribution < -0.4 is 5.73 Å². The number of aryl methyl sites for hydroxylation is 1. The third-order valence-electron chi connectivity index (χ3n) is 2.89. The predicted molar refractivity (Wildman–Crippen MR) is 73.3 cm³/mol. The molecule has 0 aliphatic heterocycles. The Morgan fingerprint density at radius 3 is 2.39 bits per heavy atom. The highest BCUT2D eigenvalue weighted by Crippen LogP contribution is 2.19. The summed E-state index contributed by atoms with van der Waals surface area (Å²) in [6.07, 6.45) is 0. The lowest BCUT2D eigenvalue weighted by Crippen LogP contribution is -2.11. The Hall–Kier alpha value is -1.81. The highest BCUT2D eigenvalue weighted by Gasteiger charge is 2.09. The number of nitrogens with two attached hydrogens (primary N) is 1. The Kier molecular flexibility index (Phi) is 3.39. The minimum Gasteiger partial charge on any atom is -0.384 e.